The van der Waals surface area contributed by atoms with Gasteiger partial charge in [-0.05, 0) is 72.6 Å². The van der Waals surface area contributed by atoms with Gasteiger partial charge in [0.1, 0.15) is 0 Å². The SMILES string of the molecule is CC1(c2ccccc2)c2ccccc2N(c2ccccc2)c2ccc3c(=O)c4cccc5c(=O)c6ccccc6n(c3c21)c54. The summed E-state index contributed by atoms with van der Waals surface area (Å²) in [5.74, 6) is 0. The number of fused-ring (bicyclic) bond motifs is 7. The molecule has 2 aromatic heterocycles. The summed E-state index contributed by atoms with van der Waals surface area (Å²) in [7, 11) is 0. The molecule has 1 aliphatic heterocycles. The third-order valence-electron chi connectivity index (χ3n) is 9.55. The summed E-state index contributed by atoms with van der Waals surface area (Å²) in [6.45, 7) is 2.27. The molecule has 9 rings (SSSR count). The Bertz CT molecular complexity index is 2540. The van der Waals surface area contributed by atoms with Crippen LogP contribution in [-0.2, 0) is 5.41 Å². The lowest BCUT2D eigenvalue weighted by molar-refractivity contribution is 0.686. The number of rotatable bonds is 2. The topological polar surface area (TPSA) is 41.8 Å². The van der Waals surface area contributed by atoms with Crippen molar-refractivity contribution in [2.75, 3.05) is 4.90 Å². The fourth-order valence-corrected chi connectivity index (χ4v) is 7.61. The second-order valence-electron chi connectivity index (χ2n) is 11.7. The van der Waals surface area contributed by atoms with Crippen LogP contribution < -0.4 is 15.8 Å². The van der Waals surface area contributed by atoms with E-state index < -0.39 is 5.41 Å². The van der Waals surface area contributed by atoms with Crippen LogP contribution in [-0.4, -0.2) is 4.40 Å². The Hall–Kier alpha value is -5.74. The number of para-hydroxylation sites is 4. The third-order valence-corrected chi connectivity index (χ3v) is 9.55. The number of aromatic nitrogens is 1. The van der Waals surface area contributed by atoms with Crippen molar-refractivity contribution in [3.8, 4) is 0 Å². The van der Waals surface area contributed by atoms with E-state index in [2.05, 4.69) is 95.1 Å². The molecule has 1 unspecified atom stereocenters. The second-order valence-corrected chi connectivity index (χ2v) is 11.7. The molecule has 1 atom stereocenters. The molecule has 6 aromatic carbocycles. The van der Waals surface area contributed by atoms with Crippen LogP contribution in [0.5, 0.6) is 0 Å². The van der Waals surface area contributed by atoms with Gasteiger partial charge < -0.3 is 9.30 Å². The van der Waals surface area contributed by atoms with Gasteiger partial charge >= 0.3 is 0 Å². The Morgan fingerprint density at radius 2 is 1.09 bits per heavy atom. The van der Waals surface area contributed by atoms with Crippen molar-refractivity contribution in [2.24, 2.45) is 0 Å². The molecule has 1 aliphatic rings. The fourth-order valence-electron chi connectivity index (χ4n) is 7.61. The highest BCUT2D eigenvalue weighted by Crippen LogP contribution is 2.56. The van der Waals surface area contributed by atoms with Crippen molar-refractivity contribution in [1.82, 2.24) is 4.40 Å². The Morgan fingerprint density at radius 1 is 0.500 bits per heavy atom. The van der Waals surface area contributed by atoms with Gasteiger partial charge in [-0.1, -0.05) is 84.9 Å². The van der Waals surface area contributed by atoms with Gasteiger partial charge in [-0.25, -0.2) is 0 Å². The minimum Gasteiger partial charge on any atom is -0.310 e. The van der Waals surface area contributed by atoms with Crippen LogP contribution in [0.4, 0.5) is 17.1 Å². The molecule has 4 nitrogen and oxygen atoms in total. The Morgan fingerprint density at radius 3 is 1.86 bits per heavy atom. The van der Waals surface area contributed by atoms with Crippen molar-refractivity contribution >= 4 is 55.2 Å². The summed E-state index contributed by atoms with van der Waals surface area (Å²) >= 11 is 0. The van der Waals surface area contributed by atoms with Gasteiger partial charge in [0.2, 0.25) is 0 Å². The lowest BCUT2D eigenvalue weighted by Gasteiger charge is -2.45. The van der Waals surface area contributed by atoms with E-state index in [4.69, 9.17) is 0 Å². The van der Waals surface area contributed by atoms with E-state index in [1.54, 1.807) is 0 Å². The van der Waals surface area contributed by atoms with Gasteiger partial charge in [0.25, 0.3) is 0 Å². The van der Waals surface area contributed by atoms with Gasteiger partial charge in [0.15, 0.2) is 10.9 Å². The first-order valence-corrected chi connectivity index (χ1v) is 14.9. The molecule has 0 fully saturated rings. The largest absolute Gasteiger partial charge is 0.310 e. The van der Waals surface area contributed by atoms with E-state index in [1.165, 1.54) is 0 Å². The molecule has 0 spiro atoms. The standard InChI is InChI=1S/C40H26N2O2/c1-40(25-13-4-2-5-14-25)31-20-9-11-22-33(31)41(26-15-6-3-7-16-26)34-24-23-30-37(35(34)40)42-32-21-10-8-17-27(32)38(43)28-18-12-19-29(36(28)42)39(30)44/h2-24H,1H3. The molecule has 208 valence electrons. The molecule has 3 heterocycles. The van der Waals surface area contributed by atoms with Crippen molar-refractivity contribution in [2.45, 2.75) is 12.3 Å². The molecule has 44 heavy (non-hydrogen) atoms. The van der Waals surface area contributed by atoms with E-state index in [9.17, 15) is 9.59 Å². The first-order valence-electron chi connectivity index (χ1n) is 14.9. The minimum atomic E-state index is -0.632. The first-order chi connectivity index (χ1) is 21.6. The lowest BCUT2D eigenvalue weighted by atomic mass is 9.67. The normalized spacial score (nSPS) is 16.1. The monoisotopic (exact) mass is 566 g/mol. The second kappa shape index (κ2) is 8.88. The van der Waals surface area contributed by atoms with Crippen LogP contribution in [0, 0.1) is 0 Å². The molecule has 0 radical (unpaired) electrons. The van der Waals surface area contributed by atoms with Gasteiger partial charge in [0.05, 0.1) is 27.9 Å². The maximum atomic E-state index is 14.4. The third kappa shape index (κ3) is 3.07. The highest BCUT2D eigenvalue weighted by Gasteiger charge is 2.43. The van der Waals surface area contributed by atoms with Crippen LogP contribution in [0.1, 0.15) is 23.6 Å². The maximum Gasteiger partial charge on any atom is 0.197 e. The quantitative estimate of drug-likeness (QED) is 0.155. The van der Waals surface area contributed by atoms with Gasteiger partial charge in [-0.3, -0.25) is 9.59 Å². The average molecular weight is 567 g/mol. The van der Waals surface area contributed by atoms with Gasteiger partial charge in [-0.2, -0.15) is 0 Å². The molecule has 8 aromatic rings. The fraction of sp³-hybridized carbons (Fsp3) is 0.0500. The summed E-state index contributed by atoms with van der Waals surface area (Å²) in [5.41, 5.74) is 7.96. The Balaban J connectivity index is 1.61. The summed E-state index contributed by atoms with van der Waals surface area (Å²) in [4.78, 5) is 30.6. The number of benzene rings is 6. The van der Waals surface area contributed by atoms with Crippen molar-refractivity contribution in [3.05, 3.63) is 177 Å². The minimum absolute atomic E-state index is 0.0585. The number of nitrogens with zero attached hydrogens (tertiary/aromatic N) is 2. The molecule has 0 saturated heterocycles. The highest BCUT2D eigenvalue weighted by molar-refractivity contribution is 6.10. The average Bonchev–Trinajstić information content (AvgIpc) is 3.08. The summed E-state index contributed by atoms with van der Waals surface area (Å²) < 4.78 is 2.19. The number of hydrogen-bond donors (Lipinski definition) is 0. The zero-order chi connectivity index (χ0) is 29.6. The van der Waals surface area contributed by atoms with Crippen LogP contribution in [0.25, 0.3) is 38.1 Å². The molecule has 0 amide bonds. The van der Waals surface area contributed by atoms with Crippen LogP contribution in [0.2, 0.25) is 0 Å². The predicted octanol–water partition coefficient (Wildman–Crippen LogP) is 8.69. The van der Waals surface area contributed by atoms with Crippen molar-refractivity contribution < 1.29 is 0 Å². The lowest BCUT2D eigenvalue weighted by Crippen LogP contribution is -2.35. The van der Waals surface area contributed by atoms with E-state index in [1.807, 2.05) is 60.7 Å². The number of anilines is 3. The molecular weight excluding hydrogens is 540 g/mol. The molecule has 0 saturated carbocycles. The van der Waals surface area contributed by atoms with Gasteiger partial charge in [0, 0.05) is 38.2 Å². The van der Waals surface area contributed by atoms with E-state index in [0.29, 0.717) is 27.1 Å². The van der Waals surface area contributed by atoms with Crippen molar-refractivity contribution in [1.29, 1.82) is 0 Å². The van der Waals surface area contributed by atoms with E-state index in [0.717, 1.165) is 44.8 Å². The maximum absolute atomic E-state index is 14.4. The zero-order valence-electron chi connectivity index (χ0n) is 24.0. The summed E-state index contributed by atoms with van der Waals surface area (Å²) in [6.07, 6.45) is 0. The van der Waals surface area contributed by atoms with Crippen molar-refractivity contribution in [3.63, 3.8) is 0 Å². The summed E-state index contributed by atoms with van der Waals surface area (Å²) in [5, 5.41) is 2.37. The van der Waals surface area contributed by atoms with E-state index in [-0.39, 0.29) is 10.9 Å². The van der Waals surface area contributed by atoms with Crippen LogP contribution >= 0.6 is 0 Å². The molecular formula is C40H26N2O2. The Kier molecular flexibility index (Phi) is 5.01. The predicted molar refractivity (Wildman–Crippen MR) is 180 cm³/mol. The van der Waals surface area contributed by atoms with E-state index >= 15 is 0 Å². The number of pyridine rings is 2. The van der Waals surface area contributed by atoms with Crippen LogP contribution in [0.15, 0.2) is 149 Å². The Labute approximate surface area is 253 Å². The highest BCUT2D eigenvalue weighted by atomic mass is 16.1. The van der Waals surface area contributed by atoms with Crippen LogP contribution in [0.3, 0.4) is 0 Å². The molecule has 0 aliphatic carbocycles. The zero-order valence-corrected chi connectivity index (χ0v) is 24.0. The number of hydrogen-bond acceptors (Lipinski definition) is 3. The smallest absolute Gasteiger partial charge is 0.197 e. The molecule has 0 bridgehead atoms. The van der Waals surface area contributed by atoms with Gasteiger partial charge in [-0.15, -0.1) is 0 Å². The molecule has 0 N–H and O–H groups in total. The summed E-state index contributed by atoms with van der Waals surface area (Å²) in [6, 6.07) is 46.9. The first kappa shape index (κ1) is 24.8. The molecule has 4 heteroatoms.